The lowest BCUT2D eigenvalue weighted by Gasteiger charge is -2.39. The molecule has 6 nitrogen and oxygen atoms in total. The molecule has 1 aromatic carbocycles. The Bertz CT molecular complexity index is 523. The average molecular weight is 284 g/mol. The number of rotatable bonds is 4. The van der Waals surface area contributed by atoms with Gasteiger partial charge in [0, 0.05) is 18.3 Å². The maximum atomic E-state index is 12.1. The molecule has 0 heterocycles. The number of carbonyl (C=O) groups excluding carboxylic acids is 1. The maximum Gasteiger partial charge on any atom is 0.289 e. The summed E-state index contributed by atoms with van der Waals surface area (Å²) in [6.45, 7) is 0.286. The number of anilines is 1. The Labute approximate surface area is 115 Å². The zero-order valence-electron chi connectivity index (χ0n) is 10.2. The van der Waals surface area contributed by atoms with Gasteiger partial charge in [-0.25, -0.2) is 0 Å². The summed E-state index contributed by atoms with van der Waals surface area (Å²) >= 11 is 5.71. The van der Waals surface area contributed by atoms with Crippen molar-refractivity contribution in [1.82, 2.24) is 0 Å². The molecule has 2 rings (SSSR count). The van der Waals surface area contributed by atoms with E-state index in [9.17, 15) is 14.9 Å². The number of benzene rings is 1. The number of halogens is 1. The van der Waals surface area contributed by atoms with Crippen molar-refractivity contribution < 1.29 is 9.72 Å². The van der Waals surface area contributed by atoms with Crippen molar-refractivity contribution in [3.63, 3.8) is 0 Å². The zero-order chi connectivity index (χ0) is 14.0. The normalized spacial score (nSPS) is 16.5. The number of carbonyl (C=O) groups is 1. The van der Waals surface area contributed by atoms with Crippen LogP contribution in [0.4, 0.5) is 11.4 Å². The number of amides is 1. The molecule has 3 N–H and O–H groups in total. The fourth-order valence-corrected chi connectivity index (χ4v) is 2.31. The third kappa shape index (κ3) is 2.54. The number of nitro benzene ring substituents is 1. The molecule has 1 saturated carbocycles. The number of nitro groups is 1. The minimum atomic E-state index is -0.583. The summed E-state index contributed by atoms with van der Waals surface area (Å²) in [7, 11) is 0. The second-order valence-corrected chi connectivity index (χ2v) is 5.12. The summed E-state index contributed by atoms with van der Waals surface area (Å²) < 4.78 is 0. The Balaban J connectivity index is 2.17. The monoisotopic (exact) mass is 283 g/mol. The second kappa shape index (κ2) is 5.14. The van der Waals surface area contributed by atoms with Crippen LogP contribution in [0.25, 0.3) is 0 Å². The quantitative estimate of drug-likeness (QED) is 0.654. The molecule has 102 valence electrons. The van der Waals surface area contributed by atoms with Gasteiger partial charge >= 0.3 is 0 Å². The van der Waals surface area contributed by atoms with Gasteiger partial charge in [0.15, 0.2) is 0 Å². The first kappa shape index (κ1) is 13.8. The van der Waals surface area contributed by atoms with Crippen molar-refractivity contribution in [3.05, 3.63) is 33.3 Å². The number of nitrogens with two attached hydrogens (primary N) is 1. The summed E-state index contributed by atoms with van der Waals surface area (Å²) in [6.07, 6.45) is 2.49. The molecule has 0 aliphatic heterocycles. The highest BCUT2D eigenvalue weighted by molar-refractivity contribution is 6.32. The van der Waals surface area contributed by atoms with E-state index in [1.54, 1.807) is 0 Å². The van der Waals surface area contributed by atoms with E-state index in [1.807, 2.05) is 0 Å². The summed E-state index contributed by atoms with van der Waals surface area (Å²) in [5, 5.41) is 13.5. The lowest BCUT2D eigenvalue weighted by molar-refractivity contribution is -0.384. The minimum absolute atomic E-state index is 0.0418. The van der Waals surface area contributed by atoms with Crippen LogP contribution in [0.15, 0.2) is 18.2 Å². The smallest absolute Gasteiger partial charge is 0.289 e. The summed E-state index contributed by atoms with van der Waals surface area (Å²) in [6, 6.07) is 4.18. The molecule has 0 bridgehead atoms. The van der Waals surface area contributed by atoms with Crippen LogP contribution in [0.2, 0.25) is 5.02 Å². The molecule has 1 amide bonds. The highest BCUT2D eigenvalue weighted by atomic mass is 35.5. The SMILES string of the molecule is NCC1(C(=O)Nc2ccc(Cl)c([N+](=O)[O-])c2)CCC1. The molecule has 1 aromatic rings. The highest BCUT2D eigenvalue weighted by Gasteiger charge is 2.42. The van der Waals surface area contributed by atoms with Gasteiger partial charge in [0.2, 0.25) is 5.91 Å². The molecule has 0 radical (unpaired) electrons. The molecule has 0 spiro atoms. The number of nitrogens with one attached hydrogen (secondary N) is 1. The van der Waals surface area contributed by atoms with E-state index in [4.69, 9.17) is 17.3 Å². The first-order valence-corrected chi connectivity index (χ1v) is 6.32. The van der Waals surface area contributed by atoms with Gasteiger partial charge in [0.1, 0.15) is 5.02 Å². The standard InChI is InChI=1S/C12H14ClN3O3/c13-9-3-2-8(6-10(9)16(18)19)15-11(17)12(7-14)4-1-5-12/h2-3,6H,1,4-5,7,14H2,(H,15,17). The van der Waals surface area contributed by atoms with Crippen molar-refractivity contribution in [2.45, 2.75) is 19.3 Å². The van der Waals surface area contributed by atoms with Crippen molar-refractivity contribution in [2.24, 2.45) is 11.1 Å². The van der Waals surface area contributed by atoms with E-state index in [1.165, 1.54) is 18.2 Å². The number of hydrogen-bond acceptors (Lipinski definition) is 4. The van der Waals surface area contributed by atoms with Crippen LogP contribution >= 0.6 is 11.6 Å². The third-order valence-electron chi connectivity index (χ3n) is 3.58. The van der Waals surface area contributed by atoms with Gasteiger partial charge in [0.25, 0.3) is 5.69 Å². The van der Waals surface area contributed by atoms with Crippen LogP contribution in [0, 0.1) is 15.5 Å². The van der Waals surface area contributed by atoms with Gasteiger partial charge in [-0.15, -0.1) is 0 Å². The van der Waals surface area contributed by atoms with E-state index in [-0.39, 0.29) is 23.2 Å². The van der Waals surface area contributed by atoms with Crippen LogP contribution in [0.3, 0.4) is 0 Å². The van der Waals surface area contributed by atoms with Crippen molar-refractivity contribution in [2.75, 3.05) is 11.9 Å². The van der Waals surface area contributed by atoms with E-state index in [0.29, 0.717) is 5.69 Å². The highest BCUT2D eigenvalue weighted by Crippen LogP contribution is 2.41. The van der Waals surface area contributed by atoms with E-state index >= 15 is 0 Å². The van der Waals surface area contributed by atoms with E-state index < -0.39 is 10.3 Å². The number of nitrogens with zero attached hydrogens (tertiary/aromatic N) is 1. The molecule has 1 aliphatic carbocycles. The molecule has 1 aliphatic rings. The third-order valence-corrected chi connectivity index (χ3v) is 3.90. The summed E-state index contributed by atoms with van der Waals surface area (Å²) in [5.41, 5.74) is 5.25. The van der Waals surface area contributed by atoms with E-state index in [0.717, 1.165) is 19.3 Å². The van der Waals surface area contributed by atoms with Gasteiger partial charge in [-0.1, -0.05) is 18.0 Å². The van der Waals surface area contributed by atoms with Crippen LogP contribution in [-0.4, -0.2) is 17.4 Å². The molecule has 0 saturated heterocycles. The van der Waals surface area contributed by atoms with Crippen molar-refractivity contribution in [1.29, 1.82) is 0 Å². The molecule has 1 fully saturated rings. The van der Waals surface area contributed by atoms with Gasteiger partial charge in [0.05, 0.1) is 10.3 Å². The Hall–Kier alpha value is -1.66. The fourth-order valence-electron chi connectivity index (χ4n) is 2.12. The topological polar surface area (TPSA) is 98.3 Å². The van der Waals surface area contributed by atoms with Crippen molar-refractivity contribution in [3.8, 4) is 0 Å². The van der Waals surface area contributed by atoms with Crippen LogP contribution in [0.5, 0.6) is 0 Å². The zero-order valence-corrected chi connectivity index (χ0v) is 10.9. The lowest BCUT2D eigenvalue weighted by atomic mass is 9.68. The Kier molecular flexibility index (Phi) is 3.73. The minimum Gasteiger partial charge on any atom is -0.329 e. The lowest BCUT2D eigenvalue weighted by Crippen LogP contribution is -2.47. The summed E-state index contributed by atoms with van der Waals surface area (Å²) in [4.78, 5) is 22.3. The molecule has 0 atom stereocenters. The van der Waals surface area contributed by atoms with Gasteiger partial charge in [-0.3, -0.25) is 14.9 Å². The Morgan fingerprint density at radius 1 is 1.53 bits per heavy atom. The molecule has 0 unspecified atom stereocenters. The largest absolute Gasteiger partial charge is 0.329 e. The maximum absolute atomic E-state index is 12.1. The molecule has 7 heteroatoms. The predicted molar refractivity (Wildman–Crippen MR) is 72.1 cm³/mol. The Morgan fingerprint density at radius 3 is 2.68 bits per heavy atom. The molecule has 19 heavy (non-hydrogen) atoms. The van der Waals surface area contributed by atoms with Crippen molar-refractivity contribution >= 4 is 28.9 Å². The predicted octanol–water partition coefficient (Wildman–Crippen LogP) is 2.32. The molecular formula is C12H14ClN3O3. The molecular weight excluding hydrogens is 270 g/mol. The fraction of sp³-hybridized carbons (Fsp3) is 0.417. The van der Waals surface area contributed by atoms with Crippen LogP contribution < -0.4 is 11.1 Å². The summed E-state index contributed by atoms with van der Waals surface area (Å²) in [5.74, 6) is -0.183. The first-order valence-electron chi connectivity index (χ1n) is 5.94. The van der Waals surface area contributed by atoms with E-state index in [2.05, 4.69) is 5.32 Å². The van der Waals surface area contributed by atoms with Crippen LogP contribution in [-0.2, 0) is 4.79 Å². The Morgan fingerprint density at radius 2 is 2.21 bits per heavy atom. The van der Waals surface area contributed by atoms with Crippen LogP contribution in [0.1, 0.15) is 19.3 Å². The van der Waals surface area contributed by atoms with Gasteiger partial charge in [-0.05, 0) is 25.0 Å². The van der Waals surface area contributed by atoms with Gasteiger partial charge < -0.3 is 11.1 Å². The molecule has 0 aromatic heterocycles. The first-order chi connectivity index (χ1) is 8.98. The second-order valence-electron chi connectivity index (χ2n) is 4.72. The average Bonchev–Trinajstić information content (AvgIpc) is 2.30. The number of hydrogen-bond donors (Lipinski definition) is 2. The van der Waals surface area contributed by atoms with Gasteiger partial charge in [-0.2, -0.15) is 0 Å².